The van der Waals surface area contributed by atoms with Gasteiger partial charge in [0, 0.05) is 25.5 Å². The molecule has 0 N–H and O–H groups in total. The molecule has 1 aliphatic heterocycles. The van der Waals surface area contributed by atoms with Crippen molar-refractivity contribution < 1.29 is 8.42 Å². The molecule has 1 aliphatic rings. The number of sulfonamides is 1. The summed E-state index contributed by atoms with van der Waals surface area (Å²) < 4.78 is 25.9. The third-order valence-electron chi connectivity index (χ3n) is 3.31. The molecule has 0 aromatic rings. The Morgan fingerprint density at radius 3 is 2.71 bits per heavy atom. The molecule has 2 unspecified atom stereocenters. The molecule has 0 bridgehead atoms. The molecule has 1 fully saturated rings. The molecule has 0 saturated carbocycles. The van der Waals surface area contributed by atoms with Gasteiger partial charge in [0.05, 0.1) is 5.75 Å². The molecule has 4 nitrogen and oxygen atoms in total. The number of rotatable bonds is 5. The van der Waals surface area contributed by atoms with Crippen molar-refractivity contribution in [2.45, 2.75) is 25.8 Å². The number of piperidine rings is 1. The summed E-state index contributed by atoms with van der Waals surface area (Å²) in [5.41, 5.74) is 0. The van der Waals surface area contributed by atoms with E-state index in [1.807, 2.05) is 14.0 Å². The van der Waals surface area contributed by atoms with Crippen molar-refractivity contribution in [2.24, 2.45) is 5.92 Å². The minimum atomic E-state index is -3.17. The van der Waals surface area contributed by atoms with E-state index in [4.69, 9.17) is 11.6 Å². The Balaban J connectivity index is 2.64. The number of nitrogens with zero attached hydrogens (tertiary/aromatic N) is 2. The molecule has 102 valence electrons. The average Bonchev–Trinajstić information content (AvgIpc) is 2.27. The van der Waals surface area contributed by atoms with Gasteiger partial charge in [-0.05, 0) is 32.4 Å². The number of likely N-dealkylation sites (N-methyl/N-ethyl adjacent to an activating group) is 2. The van der Waals surface area contributed by atoms with Gasteiger partial charge in [0.2, 0.25) is 10.0 Å². The van der Waals surface area contributed by atoms with Gasteiger partial charge >= 0.3 is 0 Å². The molecule has 1 heterocycles. The fourth-order valence-electron chi connectivity index (χ4n) is 2.18. The lowest BCUT2D eigenvalue weighted by Crippen LogP contribution is -2.48. The van der Waals surface area contributed by atoms with Crippen molar-refractivity contribution in [3.63, 3.8) is 0 Å². The van der Waals surface area contributed by atoms with Crippen molar-refractivity contribution in [3.05, 3.63) is 0 Å². The zero-order chi connectivity index (χ0) is 13.1. The van der Waals surface area contributed by atoms with Crippen LogP contribution in [0.5, 0.6) is 0 Å². The van der Waals surface area contributed by atoms with E-state index < -0.39 is 10.0 Å². The molecule has 2 atom stereocenters. The molecular formula is C11H23ClN2O2S. The van der Waals surface area contributed by atoms with Gasteiger partial charge in [-0.15, -0.1) is 11.6 Å². The standard InChI is InChI=1S/C11H23ClN2O2S/c1-10(7-12)9-17(15,16)14(3)11-5-4-6-13(2)8-11/h10-11H,4-9H2,1-3H3. The number of alkyl halides is 1. The second-order valence-corrected chi connectivity index (χ2v) is 7.49. The van der Waals surface area contributed by atoms with Crippen molar-refractivity contribution in [2.75, 3.05) is 38.8 Å². The first-order valence-electron chi connectivity index (χ1n) is 6.07. The summed E-state index contributed by atoms with van der Waals surface area (Å²) in [6.07, 6.45) is 2.02. The largest absolute Gasteiger partial charge is 0.305 e. The number of hydrogen-bond acceptors (Lipinski definition) is 3. The van der Waals surface area contributed by atoms with Gasteiger partial charge in [0.15, 0.2) is 0 Å². The first-order valence-corrected chi connectivity index (χ1v) is 8.21. The molecule has 0 aliphatic carbocycles. The van der Waals surface area contributed by atoms with Crippen molar-refractivity contribution in [3.8, 4) is 0 Å². The van der Waals surface area contributed by atoms with Crippen LogP contribution in [0.3, 0.4) is 0 Å². The van der Waals surface area contributed by atoms with Gasteiger partial charge in [-0.3, -0.25) is 0 Å². The monoisotopic (exact) mass is 282 g/mol. The SMILES string of the molecule is CC(CCl)CS(=O)(=O)N(C)C1CCCN(C)C1. The van der Waals surface area contributed by atoms with Gasteiger partial charge in [0.25, 0.3) is 0 Å². The van der Waals surface area contributed by atoms with Crippen LogP contribution in [0.1, 0.15) is 19.8 Å². The highest BCUT2D eigenvalue weighted by Crippen LogP contribution is 2.18. The van der Waals surface area contributed by atoms with Gasteiger partial charge in [-0.1, -0.05) is 6.92 Å². The zero-order valence-electron chi connectivity index (χ0n) is 10.9. The predicted molar refractivity (Wildman–Crippen MR) is 72.0 cm³/mol. The maximum Gasteiger partial charge on any atom is 0.214 e. The van der Waals surface area contributed by atoms with Crippen LogP contribution in [0.2, 0.25) is 0 Å². The minimum Gasteiger partial charge on any atom is -0.305 e. The van der Waals surface area contributed by atoms with Gasteiger partial charge < -0.3 is 4.90 Å². The van der Waals surface area contributed by atoms with Gasteiger partial charge in [-0.25, -0.2) is 12.7 Å². The Kier molecular flexibility index (Phi) is 5.70. The third kappa shape index (κ3) is 4.39. The van der Waals surface area contributed by atoms with E-state index in [0.29, 0.717) is 5.88 Å². The maximum absolute atomic E-state index is 12.2. The molecule has 0 aromatic carbocycles. The van der Waals surface area contributed by atoms with Gasteiger partial charge in [0.1, 0.15) is 0 Å². The number of hydrogen-bond donors (Lipinski definition) is 0. The van der Waals surface area contributed by atoms with Crippen LogP contribution in [0.4, 0.5) is 0 Å². The van der Waals surface area contributed by atoms with E-state index in [-0.39, 0.29) is 17.7 Å². The Bertz CT molecular complexity index is 334. The van der Waals surface area contributed by atoms with E-state index >= 15 is 0 Å². The summed E-state index contributed by atoms with van der Waals surface area (Å²) in [6, 6.07) is 0.112. The molecule has 1 saturated heterocycles. The summed E-state index contributed by atoms with van der Waals surface area (Å²) in [6.45, 7) is 3.75. The highest BCUT2D eigenvalue weighted by molar-refractivity contribution is 7.89. The highest BCUT2D eigenvalue weighted by Gasteiger charge is 2.29. The van der Waals surface area contributed by atoms with Crippen LogP contribution in [0.15, 0.2) is 0 Å². The third-order valence-corrected chi connectivity index (χ3v) is 6.00. The molecule has 0 aromatic heterocycles. The Morgan fingerprint density at radius 2 is 2.18 bits per heavy atom. The van der Waals surface area contributed by atoms with E-state index in [0.717, 1.165) is 25.9 Å². The fourth-order valence-corrected chi connectivity index (χ4v) is 4.12. The van der Waals surface area contributed by atoms with Crippen LogP contribution in [-0.4, -0.2) is 62.5 Å². The minimum absolute atomic E-state index is 0.00503. The molecule has 1 rings (SSSR count). The summed E-state index contributed by atoms with van der Waals surface area (Å²) in [5, 5.41) is 0. The Hall–Kier alpha value is 0.160. The van der Waals surface area contributed by atoms with Crippen LogP contribution in [-0.2, 0) is 10.0 Å². The van der Waals surface area contributed by atoms with Crippen molar-refractivity contribution in [1.82, 2.24) is 9.21 Å². The molecule has 0 radical (unpaired) electrons. The van der Waals surface area contributed by atoms with Crippen LogP contribution in [0.25, 0.3) is 0 Å². The number of halogens is 1. The zero-order valence-corrected chi connectivity index (χ0v) is 12.5. The predicted octanol–water partition coefficient (Wildman–Crippen LogP) is 1.22. The summed E-state index contributed by atoms with van der Waals surface area (Å²) in [4.78, 5) is 2.19. The van der Waals surface area contributed by atoms with Crippen LogP contribution < -0.4 is 0 Å². The second-order valence-electron chi connectivity index (χ2n) is 5.11. The smallest absolute Gasteiger partial charge is 0.214 e. The second kappa shape index (κ2) is 6.36. The van der Waals surface area contributed by atoms with Crippen LogP contribution >= 0.6 is 11.6 Å². The van der Waals surface area contributed by atoms with Crippen molar-refractivity contribution in [1.29, 1.82) is 0 Å². The molecule has 0 amide bonds. The number of likely N-dealkylation sites (tertiary alicyclic amines) is 1. The van der Waals surface area contributed by atoms with E-state index in [1.165, 1.54) is 0 Å². The summed E-state index contributed by atoms with van der Waals surface area (Å²) in [5.74, 6) is 0.538. The summed E-state index contributed by atoms with van der Waals surface area (Å²) in [7, 11) is 0.558. The first kappa shape index (κ1) is 15.2. The molecular weight excluding hydrogens is 260 g/mol. The lowest BCUT2D eigenvalue weighted by Gasteiger charge is -2.35. The van der Waals surface area contributed by atoms with E-state index in [1.54, 1.807) is 11.4 Å². The van der Waals surface area contributed by atoms with Crippen LogP contribution in [0, 0.1) is 5.92 Å². The maximum atomic E-state index is 12.2. The molecule has 0 spiro atoms. The Morgan fingerprint density at radius 1 is 1.53 bits per heavy atom. The average molecular weight is 283 g/mol. The normalized spacial score (nSPS) is 25.1. The summed E-state index contributed by atoms with van der Waals surface area (Å²) >= 11 is 5.68. The van der Waals surface area contributed by atoms with E-state index in [9.17, 15) is 8.42 Å². The lowest BCUT2D eigenvalue weighted by molar-refractivity contribution is 0.187. The Labute approximate surface area is 110 Å². The highest BCUT2D eigenvalue weighted by atomic mass is 35.5. The van der Waals surface area contributed by atoms with Gasteiger partial charge in [-0.2, -0.15) is 0 Å². The molecule has 6 heteroatoms. The topological polar surface area (TPSA) is 40.6 Å². The fraction of sp³-hybridized carbons (Fsp3) is 1.00. The first-order chi connectivity index (χ1) is 7.86. The quantitative estimate of drug-likeness (QED) is 0.712. The lowest BCUT2D eigenvalue weighted by atomic mass is 10.1. The molecule has 17 heavy (non-hydrogen) atoms. The van der Waals surface area contributed by atoms with E-state index in [2.05, 4.69) is 4.90 Å². The van der Waals surface area contributed by atoms with Crippen molar-refractivity contribution >= 4 is 21.6 Å².